The molecule has 22 heavy (non-hydrogen) atoms. The first-order valence-electron chi connectivity index (χ1n) is 6.74. The van der Waals surface area contributed by atoms with E-state index in [0.29, 0.717) is 36.0 Å². The summed E-state index contributed by atoms with van der Waals surface area (Å²) in [7, 11) is 2.99. The lowest BCUT2D eigenvalue weighted by molar-refractivity contribution is 0.0602. The van der Waals surface area contributed by atoms with E-state index in [1.807, 2.05) is 6.07 Å². The van der Waals surface area contributed by atoms with Crippen molar-refractivity contribution in [2.45, 2.75) is 0 Å². The molecule has 0 aliphatic rings. The number of methoxy groups -OCH3 is 2. The molecule has 2 N–H and O–H groups in total. The lowest BCUT2D eigenvalue weighted by atomic mass is 10.2. The highest BCUT2D eigenvalue weighted by Crippen LogP contribution is 2.21. The van der Waals surface area contributed by atoms with Crippen LogP contribution in [0.3, 0.4) is 0 Å². The zero-order chi connectivity index (χ0) is 15.8. The number of aromatic nitrogens is 2. The summed E-state index contributed by atoms with van der Waals surface area (Å²) in [6.45, 7) is 1.23. The first-order valence-corrected chi connectivity index (χ1v) is 6.74. The minimum Gasteiger partial charge on any atom is -0.465 e. The molecule has 0 radical (unpaired) electrons. The van der Waals surface area contributed by atoms with Gasteiger partial charge in [-0.15, -0.1) is 0 Å². The summed E-state index contributed by atoms with van der Waals surface area (Å²) < 4.78 is 9.74. The van der Waals surface area contributed by atoms with Crippen molar-refractivity contribution in [1.82, 2.24) is 9.97 Å². The van der Waals surface area contributed by atoms with Crippen molar-refractivity contribution in [3.05, 3.63) is 42.2 Å². The van der Waals surface area contributed by atoms with Crippen LogP contribution in [0.4, 0.5) is 17.3 Å². The van der Waals surface area contributed by atoms with Crippen LogP contribution >= 0.6 is 0 Å². The fourth-order valence-corrected chi connectivity index (χ4v) is 1.82. The van der Waals surface area contributed by atoms with Crippen LogP contribution in [0.15, 0.2) is 36.7 Å². The Morgan fingerprint density at radius 3 is 2.73 bits per heavy atom. The average Bonchev–Trinajstić information content (AvgIpc) is 2.55. The zero-order valence-corrected chi connectivity index (χ0v) is 12.5. The molecular formula is C15H18N4O3. The molecule has 1 aromatic carbocycles. The molecule has 116 valence electrons. The summed E-state index contributed by atoms with van der Waals surface area (Å²) in [5.74, 6) is 0.840. The monoisotopic (exact) mass is 302 g/mol. The van der Waals surface area contributed by atoms with Gasteiger partial charge in [0.2, 0.25) is 0 Å². The number of benzene rings is 1. The van der Waals surface area contributed by atoms with Gasteiger partial charge in [0.05, 0.1) is 25.0 Å². The van der Waals surface area contributed by atoms with Gasteiger partial charge in [-0.25, -0.2) is 14.8 Å². The van der Waals surface area contributed by atoms with Crippen molar-refractivity contribution in [2.24, 2.45) is 0 Å². The summed E-state index contributed by atoms with van der Waals surface area (Å²) in [5, 5.41) is 6.21. The number of carbonyl (C=O) groups excluding carboxylic acids is 1. The molecule has 1 aromatic heterocycles. The summed E-state index contributed by atoms with van der Waals surface area (Å²) in [6, 6.07) is 8.83. The predicted molar refractivity (Wildman–Crippen MR) is 83.5 cm³/mol. The zero-order valence-electron chi connectivity index (χ0n) is 12.5. The number of nitrogens with zero attached hydrogens (tertiary/aromatic N) is 2. The average molecular weight is 302 g/mol. The number of hydrogen-bond acceptors (Lipinski definition) is 7. The molecule has 2 aromatic rings. The van der Waals surface area contributed by atoms with Crippen LogP contribution in [0.5, 0.6) is 0 Å². The van der Waals surface area contributed by atoms with Gasteiger partial charge in [0, 0.05) is 19.7 Å². The van der Waals surface area contributed by atoms with Crippen LogP contribution in [0, 0.1) is 0 Å². The summed E-state index contributed by atoms with van der Waals surface area (Å²) in [6.07, 6.45) is 1.44. The topological polar surface area (TPSA) is 85.4 Å². The molecule has 1 heterocycles. The van der Waals surface area contributed by atoms with Gasteiger partial charge in [0.15, 0.2) is 0 Å². The molecule has 7 heteroatoms. The SMILES string of the molecule is COCCNc1cc(Nc2ccccc2C(=O)OC)ncn1. The van der Waals surface area contributed by atoms with Crippen molar-refractivity contribution in [3.63, 3.8) is 0 Å². The molecule has 0 spiro atoms. The highest BCUT2D eigenvalue weighted by molar-refractivity contribution is 5.96. The van der Waals surface area contributed by atoms with E-state index < -0.39 is 5.97 Å². The largest absolute Gasteiger partial charge is 0.465 e. The van der Waals surface area contributed by atoms with Gasteiger partial charge in [-0.3, -0.25) is 0 Å². The summed E-state index contributed by atoms with van der Waals surface area (Å²) in [5.41, 5.74) is 1.06. The second-order valence-corrected chi connectivity index (χ2v) is 4.37. The van der Waals surface area contributed by atoms with Crippen molar-refractivity contribution in [1.29, 1.82) is 0 Å². The maximum Gasteiger partial charge on any atom is 0.339 e. The Morgan fingerprint density at radius 1 is 1.18 bits per heavy atom. The summed E-state index contributed by atoms with van der Waals surface area (Å²) in [4.78, 5) is 20.0. The maximum absolute atomic E-state index is 11.7. The van der Waals surface area contributed by atoms with Gasteiger partial charge in [0.1, 0.15) is 18.0 Å². The van der Waals surface area contributed by atoms with Crippen LogP contribution in [0.2, 0.25) is 0 Å². The molecule has 0 aliphatic heterocycles. The molecule has 0 fully saturated rings. The Labute approximate surface area is 128 Å². The molecule has 0 atom stereocenters. The van der Waals surface area contributed by atoms with Gasteiger partial charge < -0.3 is 20.1 Å². The Bertz CT molecular complexity index is 634. The van der Waals surface area contributed by atoms with Crippen molar-refractivity contribution < 1.29 is 14.3 Å². The number of anilines is 3. The number of para-hydroxylation sites is 1. The molecule has 2 rings (SSSR count). The number of ether oxygens (including phenoxy) is 2. The van der Waals surface area contributed by atoms with Gasteiger partial charge in [-0.1, -0.05) is 12.1 Å². The van der Waals surface area contributed by atoms with Crippen LogP contribution in [0.25, 0.3) is 0 Å². The number of nitrogens with one attached hydrogen (secondary N) is 2. The number of rotatable bonds is 7. The van der Waals surface area contributed by atoms with Crippen molar-refractivity contribution in [3.8, 4) is 0 Å². The van der Waals surface area contributed by atoms with E-state index in [2.05, 4.69) is 20.6 Å². The van der Waals surface area contributed by atoms with E-state index >= 15 is 0 Å². The second kappa shape index (κ2) is 7.94. The second-order valence-electron chi connectivity index (χ2n) is 4.37. The van der Waals surface area contributed by atoms with Gasteiger partial charge >= 0.3 is 5.97 Å². The van der Waals surface area contributed by atoms with E-state index in [1.54, 1.807) is 31.4 Å². The van der Waals surface area contributed by atoms with Crippen molar-refractivity contribution in [2.75, 3.05) is 38.0 Å². The highest BCUT2D eigenvalue weighted by Gasteiger charge is 2.11. The standard InChI is InChI=1S/C15H18N4O3/c1-21-8-7-16-13-9-14(18-10-17-13)19-12-6-4-3-5-11(12)15(20)22-2/h3-6,9-10H,7-8H2,1-2H3,(H2,16,17,18,19). The predicted octanol–water partition coefficient (Wildman–Crippen LogP) is 2.07. The molecular weight excluding hydrogens is 284 g/mol. The van der Waals surface area contributed by atoms with E-state index in [0.717, 1.165) is 0 Å². The first kappa shape index (κ1) is 15.7. The number of carbonyl (C=O) groups is 1. The lowest BCUT2D eigenvalue weighted by Crippen LogP contribution is -2.10. The van der Waals surface area contributed by atoms with E-state index in [-0.39, 0.29) is 0 Å². The molecule has 0 amide bonds. The number of hydrogen-bond donors (Lipinski definition) is 2. The van der Waals surface area contributed by atoms with Crippen LogP contribution in [-0.2, 0) is 9.47 Å². The Balaban J connectivity index is 2.14. The molecule has 0 saturated heterocycles. The third kappa shape index (κ3) is 4.16. The molecule has 0 bridgehead atoms. The Morgan fingerprint density at radius 2 is 1.95 bits per heavy atom. The minimum atomic E-state index is -0.407. The van der Waals surface area contributed by atoms with E-state index in [9.17, 15) is 4.79 Å². The third-order valence-corrected chi connectivity index (χ3v) is 2.87. The van der Waals surface area contributed by atoms with Crippen molar-refractivity contribution >= 4 is 23.3 Å². The highest BCUT2D eigenvalue weighted by atomic mass is 16.5. The lowest BCUT2D eigenvalue weighted by Gasteiger charge is -2.11. The maximum atomic E-state index is 11.7. The minimum absolute atomic E-state index is 0.407. The van der Waals surface area contributed by atoms with Gasteiger partial charge in [0.25, 0.3) is 0 Å². The fraction of sp³-hybridized carbons (Fsp3) is 0.267. The molecule has 0 saturated carbocycles. The smallest absolute Gasteiger partial charge is 0.339 e. The fourth-order valence-electron chi connectivity index (χ4n) is 1.82. The first-order chi connectivity index (χ1) is 10.7. The molecule has 0 unspecified atom stereocenters. The normalized spacial score (nSPS) is 10.1. The van der Waals surface area contributed by atoms with Crippen LogP contribution in [0.1, 0.15) is 10.4 Å². The Hall–Kier alpha value is -2.67. The summed E-state index contributed by atoms with van der Waals surface area (Å²) >= 11 is 0. The van der Waals surface area contributed by atoms with Crippen LogP contribution < -0.4 is 10.6 Å². The van der Waals surface area contributed by atoms with E-state index in [1.165, 1.54) is 13.4 Å². The Kier molecular flexibility index (Phi) is 5.67. The molecule has 7 nitrogen and oxygen atoms in total. The third-order valence-electron chi connectivity index (χ3n) is 2.87. The van der Waals surface area contributed by atoms with Crippen LogP contribution in [-0.4, -0.2) is 43.3 Å². The number of esters is 1. The van der Waals surface area contributed by atoms with Gasteiger partial charge in [-0.2, -0.15) is 0 Å². The quantitative estimate of drug-likeness (QED) is 0.598. The molecule has 0 aliphatic carbocycles. The van der Waals surface area contributed by atoms with E-state index in [4.69, 9.17) is 9.47 Å². The van der Waals surface area contributed by atoms with Gasteiger partial charge in [-0.05, 0) is 12.1 Å².